The van der Waals surface area contributed by atoms with E-state index in [9.17, 15) is 10.1 Å². The van der Waals surface area contributed by atoms with Gasteiger partial charge in [-0.05, 0) is 25.5 Å². The summed E-state index contributed by atoms with van der Waals surface area (Å²) < 4.78 is 0. The number of nitrogens with zero attached hydrogens (tertiary/aromatic N) is 1. The van der Waals surface area contributed by atoms with Gasteiger partial charge in [0.05, 0.1) is 9.75 Å². The van der Waals surface area contributed by atoms with E-state index in [2.05, 4.69) is 35.0 Å². The fourth-order valence-corrected chi connectivity index (χ4v) is 3.41. The number of nitro benzene ring substituents is 1. The summed E-state index contributed by atoms with van der Waals surface area (Å²) in [6.07, 6.45) is 0.622. The van der Waals surface area contributed by atoms with Crippen LogP contribution in [0, 0.1) is 17.0 Å². The van der Waals surface area contributed by atoms with E-state index in [1.54, 1.807) is 23.5 Å². The highest BCUT2D eigenvalue weighted by Gasteiger charge is 2.17. The predicted molar refractivity (Wildman–Crippen MR) is 77.5 cm³/mol. The van der Waals surface area contributed by atoms with Gasteiger partial charge in [0.2, 0.25) is 0 Å². The van der Waals surface area contributed by atoms with Crippen LogP contribution >= 0.6 is 27.3 Å². The average Bonchev–Trinajstić information content (AvgIpc) is 2.76. The van der Waals surface area contributed by atoms with Gasteiger partial charge in [-0.25, -0.2) is 0 Å². The number of rotatable bonds is 4. The lowest BCUT2D eigenvalue weighted by atomic mass is 10.1. The second-order valence-electron chi connectivity index (χ2n) is 4.01. The first-order valence-corrected chi connectivity index (χ1v) is 7.24. The molecule has 0 N–H and O–H groups in total. The van der Waals surface area contributed by atoms with E-state index < -0.39 is 0 Å². The Labute approximate surface area is 118 Å². The van der Waals surface area contributed by atoms with Crippen LogP contribution < -0.4 is 0 Å². The Morgan fingerprint density at radius 3 is 2.67 bits per heavy atom. The van der Waals surface area contributed by atoms with Gasteiger partial charge in [0.15, 0.2) is 0 Å². The van der Waals surface area contributed by atoms with Gasteiger partial charge in [-0.3, -0.25) is 10.1 Å². The lowest BCUT2D eigenvalue weighted by Gasteiger charge is -2.08. The van der Waals surface area contributed by atoms with E-state index in [-0.39, 0.29) is 15.4 Å². The molecular formula is C13H12BrNO2S. The molecule has 0 saturated carbocycles. The maximum absolute atomic E-state index is 10.9. The van der Waals surface area contributed by atoms with Crippen LogP contribution in [-0.2, 0) is 6.42 Å². The number of hydrogen-bond donors (Lipinski definition) is 0. The van der Waals surface area contributed by atoms with Crippen LogP contribution in [0.3, 0.4) is 0 Å². The van der Waals surface area contributed by atoms with Crippen LogP contribution in [0.2, 0.25) is 0 Å². The number of hydrogen-bond acceptors (Lipinski definition) is 3. The fourth-order valence-electron chi connectivity index (χ4n) is 1.78. The third-order valence-electron chi connectivity index (χ3n) is 2.66. The van der Waals surface area contributed by atoms with Crippen molar-refractivity contribution in [3.05, 3.63) is 61.8 Å². The fraction of sp³-hybridized carbons (Fsp3) is 0.231. The summed E-state index contributed by atoms with van der Waals surface area (Å²) in [5.41, 5.74) is 0.950. The van der Waals surface area contributed by atoms with Crippen molar-refractivity contribution in [2.24, 2.45) is 0 Å². The van der Waals surface area contributed by atoms with Crippen molar-refractivity contribution in [2.75, 3.05) is 0 Å². The van der Waals surface area contributed by atoms with E-state index in [0.717, 1.165) is 5.56 Å². The van der Waals surface area contributed by atoms with Crippen molar-refractivity contribution in [3.63, 3.8) is 0 Å². The van der Waals surface area contributed by atoms with Gasteiger partial charge >= 0.3 is 0 Å². The molecule has 1 heterocycles. The molecule has 0 aliphatic carbocycles. The van der Waals surface area contributed by atoms with Crippen molar-refractivity contribution in [1.82, 2.24) is 0 Å². The molecular weight excluding hydrogens is 314 g/mol. The highest BCUT2D eigenvalue weighted by Crippen LogP contribution is 2.34. The topological polar surface area (TPSA) is 43.1 Å². The second kappa shape index (κ2) is 5.63. The van der Waals surface area contributed by atoms with E-state index in [1.807, 2.05) is 12.1 Å². The Morgan fingerprint density at radius 2 is 2.06 bits per heavy atom. The minimum Gasteiger partial charge on any atom is -0.258 e. The maximum Gasteiger partial charge on any atom is 0.272 e. The zero-order valence-corrected chi connectivity index (χ0v) is 12.2. The van der Waals surface area contributed by atoms with Crippen molar-refractivity contribution >= 4 is 33.0 Å². The molecule has 94 valence electrons. The van der Waals surface area contributed by atoms with E-state index >= 15 is 0 Å². The van der Waals surface area contributed by atoms with E-state index in [1.165, 1.54) is 9.75 Å². The molecule has 0 bridgehead atoms. The Morgan fingerprint density at radius 1 is 1.33 bits per heavy atom. The highest BCUT2D eigenvalue weighted by molar-refractivity contribution is 9.09. The van der Waals surface area contributed by atoms with Crippen molar-refractivity contribution in [2.45, 2.75) is 18.2 Å². The minimum absolute atomic E-state index is 0.122. The summed E-state index contributed by atoms with van der Waals surface area (Å²) in [6, 6.07) is 11.0. The number of para-hydroxylation sites is 1. The van der Waals surface area contributed by atoms with Crippen molar-refractivity contribution < 1.29 is 4.92 Å². The standard InChI is InChI=1S/C13H12BrNO2S/c1-9-6-7-13(18-9)11(14)8-10-4-2-3-5-12(10)15(16)17/h2-7,11H,8H2,1H3. The quantitative estimate of drug-likeness (QED) is 0.466. The molecule has 1 atom stereocenters. The summed E-state index contributed by atoms with van der Waals surface area (Å²) in [4.78, 5) is 13.2. The summed E-state index contributed by atoms with van der Waals surface area (Å²) in [6.45, 7) is 2.05. The number of thiophene rings is 1. The van der Waals surface area contributed by atoms with Crippen LogP contribution in [0.25, 0.3) is 0 Å². The zero-order chi connectivity index (χ0) is 13.1. The first kappa shape index (κ1) is 13.2. The van der Waals surface area contributed by atoms with Crippen molar-refractivity contribution in [3.8, 4) is 0 Å². The molecule has 0 aliphatic rings. The molecule has 0 spiro atoms. The molecule has 1 aromatic carbocycles. The van der Waals surface area contributed by atoms with Gasteiger partial charge in [-0.15, -0.1) is 11.3 Å². The van der Waals surface area contributed by atoms with Crippen LogP contribution in [0.4, 0.5) is 5.69 Å². The third-order valence-corrected chi connectivity index (χ3v) is 4.89. The number of benzene rings is 1. The monoisotopic (exact) mass is 325 g/mol. The molecule has 0 fully saturated rings. The summed E-state index contributed by atoms with van der Waals surface area (Å²) in [7, 11) is 0. The smallest absolute Gasteiger partial charge is 0.258 e. The molecule has 1 aromatic heterocycles. The largest absolute Gasteiger partial charge is 0.272 e. The van der Waals surface area contributed by atoms with Crippen LogP contribution in [-0.4, -0.2) is 4.92 Å². The van der Waals surface area contributed by atoms with Gasteiger partial charge in [-0.2, -0.15) is 0 Å². The number of halogens is 1. The molecule has 0 saturated heterocycles. The molecule has 2 rings (SSSR count). The Balaban J connectivity index is 2.21. The van der Waals surface area contributed by atoms with Crippen LogP contribution in [0.15, 0.2) is 36.4 Å². The molecule has 18 heavy (non-hydrogen) atoms. The Bertz CT molecular complexity index is 568. The molecule has 3 nitrogen and oxygen atoms in total. The maximum atomic E-state index is 10.9. The minimum atomic E-state index is -0.325. The highest BCUT2D eigenvalue weighted by atomic mass is 79.9. The predicted octanol–water partition coefficient (Wildman–Crippen LogP) is 4.64. The van der Waals surface area contributed by atoms with Crippen molar-refractivity contribution in [1.29, 1.82) is 0 Å². The molecule has 0 radical (unpaired) electrons. The van der Waals surface area contributed by atoms with Gasteiger partial charge in [0.25, 0.3) is 5.69 Å². The number of aryl methyl sites for hydroxylation is 1. The number of alkyl halides is 1. The zero-order valence-electron chi connectivity index (χ0n) is 9.80. The van der Waals surface area contributed by atoms with Gasteiger partial charge < -0.3 is 0 Å². The molecule has 0 aliphatic heterocycles. The summed E-state index contributed by atoms with van der Waals surface area (Å²) >= 11 is 5.32. The second-order valence-corrected chi connectivity index (χ2v) is 6.43. The van der Waals surface area contributed by atoms with Gasteiger partial charge in [0.1, 0.15) is 0 Å². The average molecular weight is 326 g/mol. The lowest BCUT2D eigenvalue weighted by Crippen LogP contribution is -1.98. The van der Waals surface area contributed by atoms with E-state index in [4.69, 9.17) is 0 Å². The Kier molecular flexibility index (Phi) is 4.14. The molecule has 5 heteroatoms. The SMILES string of the molecule is Cc1ccc(C(Br)Cc2ccccc2[N+](=O)[O-])s1. The normalized spacial score (nSPS) is 12.3. The molecule has 0 amide bonds. The van der Waals surface area contributed by atoms with Gasteiger partial charge in [0, 0.05) is 21.4 Å². The Hall–Kier alpha value is -1.20. The first-order valence-electron chi connectivity index (χ1n) is 5.50. The lowest BCUT2D eigenvalue weighted by molar-refractivity contribution is -0.385. The molecule has 2 aromatic rings. The molecule has 1 unspecified atom stereocenters. The third kappa shape index (κ3) is 2.97. The van der Waals surface area contributed by atoms with Crippen LogP contribution in [0.5, 0.6) is 0 Å². The summed E-state index contributed by atoms with van der Waals surface area (Å²) in [5, 5.41) is 10.9. The van der Waals surface area contributed by atoms with Gasteiger partial charge in [-0.1, -0.05) is 34.1 Å². The summed E-state index contributed by atoms with van der Waals surface area (Å²) in [5.74, 6) is 0. The number of nitro groups is 1. The van der Waals surface area contributed by atoms with Crippen LogP contribution in [0.1, 0.15) is 20.1 Å². The van der Waals surface area contributed by atoms with E-state index in [0.29, 0.717) is 6.42 Å². The first-order chi connectivity index (χ1) is 8.58.